The van der Waals surface area contributed by atoms with E-state index in [0.29, 0.717) is 19.0 Å². The Labute approximate surface area is 118 Å². The SMILES string of the molecule is CC(C)CCNC(=O)CNCc1ccc(F)c(Cl)c1. The Morgan fingerprint density at radius 1 is 1.42 bits per heavy atom. The maximum atomic E-state index is 12.9. The molecule has 0 radical (unpaired) electrons. The minimum Gasteiger partial charge on any atom is -0.355 e. The maximum absolute atomic E-state index is 12.9. The lowest BCUT2D eigenvalue weighted by molar-refractivity contribution is -0.120. The van der Waals surface area contributed by atoms with E-state index in [-0.39, 0.29) is 17.5 Å². The third-order valence-electron chi connectivity index (χ3n) is 2.64. The molecule has 0 aliphatic rings. The Bertz CT molecular complexity index is 424. The zero-order valence-corrected chi connectivity index (χ0v) is 12.1. The van der Waals surface area contributed by atoms with Gasteiger partial charge in [0.15, 0.2) is 0 Å². The summed E-state index contributed by atoms with van der Waals surface area (Å²) in [4.78, 5) is 11.5. The van der Waals surface area contributed by atoms with Crippen molar-refractivity contribution in [2.45, 2.75) is 26.8 Å². The Morgan fingerprint density at radius 3 is 2.79 bits per heavy atom. The number of rotatable bonds is 7. The van der Waals surface area contributed by atoms with E-state index < -0.39 is 5.82 Å². The highest BCUT2D eigenvalue weighted by Crippen LogP contribution is 2.15. The number of nitrogens with one attached hydrogen (secondary N) is 2. The molecule has 106 valence electrons. The molecule has 0 unspecified atom stereocenters. The molecule has 1 amide bonds. The third-order valence-corrected chi connectivity index (χ3v) is 2.93. The molecule has 0 saturated carbocycles. The van der Waals surface area contributed by atoms with Crippen molar-refractivity contribution in [3.05, 3.63) is 34.6 Å². The van der Waals surface area contributed by atoms with Gasteiger partial charge in [-0.3, -0.25) is 4.79 Å². The highest BCUT2D eigenvalue weighted by molar-refractivity contribution is 6.30. The van der Waals surface area contributed by atoms with Crippen LogP contribution >= 0.6 is 11.6 Å². The van der Waals surface area contributed by atoms with Gasteiger partial charge >= 0.3 is 0 Å². The second-order valence-corrected chi connectivity index (χ2v) is 5.29. The summed E-state index contributed by atoms with van der Waals surface area (Å²) in [6, 6.07) is 4.52. The van der Waals surface area contributed by atoms with Crippen LogP contribution in [0.15, 0.2) is 18.2 Å². The van der Waals surface area contributed by atoms with Gasteiger partial charge in [-0.1, -0.05) is 31.5 Å². The van der Waals surface area contributed by atoms with E-state index in [9.17, 15) is 9.18 Å². The topological polar surface area (TPSA) is 41.1 Å². The summed E-state index contributed by atoms with van der Waals surface area (Å²) in [5.74, 6) is 0.111. The fraction of sp³-hybridized carbons (Fsp3) is 0.500. The summed E-state index contributed by atoms with van der Waals surface area (Å²) in [6.45, 7) is 5.65. The second kappa shape index (κ2) is 8.12. The molecule has 5 heteroatoms. The molecule has 0 atom stereocenters. The van der Waals surface area contributed by atoms with Crippen LogP contribution in [-0.4, -0.2) is 19.0 Å². The predicted octanol–water partition coefficient (Wildman–Crippen LogP) is 2.73. The normalized spacial score (nSPS) is 10.8. The number of halogens is 2. The van der Waals surface area contributed by atoms with Crippen LogP contribution in [0.1, 0.15) is 25.8 Å². The van der Waals surface area contributed by atoms with Gasteiger partial charge in [-0.2, -0.15) is 0 Å². The van der Waals surface area contributed by atoms with Crippen molar-refractivity contribution in [2.75, 3.05) is 13.1 Å². The number of amides is 1. The third kappa shape index (κ3) is 6.55. The Morgan fingerprint density at radius 2 is 2.16 bits per heavy atom. The van der Waals surface area contributed by atoms with Crippen LogP contribution in [0.4, 0.5) is 4.39 Å². The van der Waals surface area contributed by atoms with Crippen molar-refractivity contribution in [2.24, 2.45) is 5.92 Å². The van der Waals surface area contributed by atoms with E-state index in [4.69, 9.17) is 11.6 Å². The molecule has 0 aliphatic carbocycles. The largest absolute Gasteiger partial charge is 0.355 e. The van der Waals surface area contributed by atoms with Gasteiger partial charge < -0.3 is 10.6 Å². The molecule has 0 aromatic heterocycles. The van der Waals surface area contributed by atoms with Gasteiger partial charge in [0.05, 0.1) is 11.6 Å². The van der Waals surface area contributed by atoms with Gasteiger partial charge in [-0.05, 0) is 30.0 Å². The smallest absolute Gasteiger partial charge is 0.233 e. The first kappa shape index (κ1) is 15.9. The zero-order valence-electron chi connectivity index (χ0n) is 11.3. The number of carbonyl (C=O) groups is 1. The van der Waals surface area contributed by atoms with E-state index in [0.717, 1.165) is 12.0 Å². The quantitative estimate of drug-likeness (QED) is 0.809. The van der Waals surface area contributed by atoms with Crippen molar-refractivity contribution in [3.63, 3.8) is 0 Å². The monoisotopic (exact) mass is 286 g/mol. The van der Waals surface area contributed by atoms with E-state index in [1.807, 2.05) is 0 Å². The van der Waals surface area contributed by atoms with Crippen LogP contribution in [0, 0.1) is 11.7 Å². The summed E-state index contributed by atoms with van der Waals surface area (Å²) in [6.07, 6.45) is 0.972. The molecule has 0 fully saturated rings. The van der Waals surface area contributed by atoms with Crippen molar-refractivity contribution in [3.8, 4) is 0 Å². The van der Waals surface area contributed by atoms with Gasteiger partial charge in [0.1, 0.15) is 5.82 Å². The molecule has 0 spiro atoms. The summed E-state index contributed by atoms with van der Waals surface area (Å²) < 4.78 is 12.9. The molecular weight excluding hydrogens is 267 g/mol. The zero-order chi connectivity index (χ0) is 14.3. The standard InChI is InChI=1S/C14H20ClFN2O/c1-10(2)5-6-18-14(19)9-17-8-11-3-4-13(16)12(15)7-11/h3-4,7,10,17H,5-6,8-9H2,1-2H3,(H,18,19). The summed E-state index contributed by atoms with van der Waals surface area (Å²) >= 11 is 5.67. The van der Waals surface area contributed by atoms with Crippen molar-refractivity contribution < 1.29 is 9.18 Å². The van der Waals surface area contributed by atoms with Gasteiger partial charge in [0.2, 0.25) is 5.91 Å². The first-order valence-corrected chi connectivity index (χ1v) is 6.78. The van der Waals surface area contributed by atoms with Crippen LogP contribution in [0.3, 0.4) is 0 Å². The van der Waals surface area contributed by atoms with Gasteiger partial charge in [0, 0.05) is 13.1 Å². The van der Waals surface area contributed by atoms with E-state index in [2.05, 4.69) is 24.5 Å². The maximum Gasteiger partial charge on any atom is 0.233 e. The number of carbonyl (C=O) groups excluding carboxylic acids is 1. The molecule has 1 aromatic carbocycles. The van der Waals surface area contributed by atoms with E-state index in [1.165, 1.54) is 6.07 Å². The highest BCUT2D eigenvalue weighted by atomic mass is 35.5. The molecular formula is C14H20ClFN2O. The lowest BCUT2D eigenvalue weighted by Gasteiger charge is -2.08. The molecule has 3 nitrogen and oxygen atoms in total. The fourth-order valence-corrected chi connectivity index (χ4v) is 1.74. The Balaban J connectivity index is 2.22. The van der Waals surface area contributed by atoms with Crippen LogP contribution in [0.5, 0.6) is 0 Å². The van der Waals surface area contributed by atoms with Crippen LogP contribution in [0.25, 0.3) is 0 Å². The second-order valence-electron chi connectivity index (χ2n) is 4.88. The predicted molar refractivity (Wildman–Crippen MR) is 75.6 cm³/mol. The van der Waals surface area contributed by atoms with Crippen molar-refractivity contribution in [1.29, 1.82) is 0 Å². The summed E-state index contributed by atoms with van der Waals surface area (Å²) in [7, 11) is 0. The minimum absolute atomic E-state index is 0.0335. The minimum atomic E-state index is -0.433. The van der Waals surface area contributed by atoms with Crippen LogP contribution < -0.4 is 10.6 Å². The fourth-order valence-electron chi connectivity index (χ4n) is 1.53. The van der Waals surface area contributed by atoms with Crippen LogP contribution in [-0.2, 0) is 11.3 Å². The molecule has 0 aliphatic heterocycles. The van der Waals surface area contributed by atoms with Gasteiger partial charge in [-0.15, -0.1) is 0 Å². The number of hydrogen-bond donors (Lipinski definition) is 2. The average Bonchev–Trinajstić information content (AvgIpc) is 2.33. The number of hydrogen-bond acceptors (Lipinski definition) is 2. The Kier molecular flexibility index (Phi) is 6.81. The van der Waals surface area contributed by atoms with E-state index >= 15 is 0 Å². The highest BCUT2D eigenvalue weighted by Gasteiger charge is 2.03. The molecule has 2 N–H and O–H groups in total. The molecule has 19 heavy (non-hydrogen) atoms. The molecule has 0 bridgehead atoms. The molecule has 1 rings (SSSR count). The molecule has 1 aromatic rings. The summed E-state index contributed by atoms with van der Waals surface area (Å²) in [5, 5.41) is 5.92. The average molecular weight is 287 g/mol. The van der Waals surface area contributed by atoms with Gasteiger partial charge in [-0.25, -0.2) is 4.39 Å². The lowest BCUT2D eigenvalue weighted by atomic mass is 10.1. The van der Waals surface area contributed by atoms with E-state index in [1.54, 1.807) is 12.1 Å². The first-order valence-electron chi connectivity index (χ1n) is 6.40. The van der Waals surface area contributed by atoms with Crippen molar-refractivity contribution >= 4 is 17.5 Å². The number of benzene rings is 1. The van der Waals surface area contributed by atoms with Gasteiger partial charge in [0.25, 0.3) is 0 Å². The lowest BCUT2D eigenvalue weighted by Crippen LogP contribution is -2.34. The first-order chi connectivity index (χ1) is 8.99. The Hall–Kier alpha value is -1.13. The molecule has 0 saturated heterocycles. The van der Waals surface area contributed by atoms with Crippen LogP contribution in [0.2, 0.25) is 5.02 Å². The molecule has 0 heterocycles. The van der Waals surface area contributed by atoms with Crippen molar-refractivity contribution in [1.82, 2.24) is 10.6 Å². The summed E-state index contributed by atoms with van der Waals surface area (Å²) in [5.41, 5.74) is 0.849.